The minimum Gasteiger partial charge on any atom is -0.379 e. The summed E-state index contributed by atoms with van der Waals surface area (Å²) in [5.41, 5.74) is 1.47. The Morgan fingerprint density at radius 1 is 1.50 bits per heavy atom. The third kappa shape index (κ3) is 3.75. The van der Waals surface area contributed by atoms with Gasteiger partial charge in [-0.3, -0.25) is 4.68 Å². The van der Waals surface area contributed by atoms with E-state index in [1.54, 1.807) is 17.9 Å². The third-order valence-electron chi connectivity index (χ3n) is 2.18. The molecule has 0 fully saturated rings. The maximum atomic E-state index is 12.1. The van der Waals surface area contributed by atoms with Crippen LogP contribution in [-0.2, 0) is 13.5 Å². The van der Waals surface area contributed by atoms with E-state index in [0.29, 0.717) is 12.1 Å². The molecule has 16 heavy (non-hydrogen) atoms. The van der Waals surface area contributed by atoms with Crippen LogP contribution in [0.25, 0.3) is 0 Å². The summed E-state index contributed by atoms with van der Waals surface area (Å²) in [5, 5.41) is 6.99. The van der Waals surface area contributed by atoms with Gasteiger partial charge in [0.15, 0.2) is 0 Å². The second-order valence-corrected chi connectivity index (χ2v) is 3.88. The van der Waals surface area contributed by atoms with E-state index in [1.165, 1.54) is 6.92 Å². The van der Waals surface area contributed by atoms with E-state index in [1.807, 2.05) is 6.92 Å². The molecule has 6 heteroatoms. The van der Waals surface area contributed by atoms with Gasteiger partial charge in [0.25, 0.3) is 0 Å². The van der Waals surface area contributed by atoms with Crippen molar-refractivity contribution in [2.24, 2.45) is 7.05 Å². The fourth-order valence-corrected chi connectivity index (χ4v) is 1.58. The second kappa shape index (κ2) is 4.76. The predicted octanol–water partition coefficient (Wildman–Crippen LogP) is 2.74. The van der Waals surface area contributed by atoms with Crippen molar-refractivity contribution in [1.82, 2.24) is 9.78 Å². The summed E-state index contributed by atoms with van der Waals surface area (Å²) in [4.78, 5) is 0. The molecule has 0 aliphatic carbocycles. The van der Waals surface area contributed by atoms with Crippen LogP contribution in [0.5, 0.6) is 0 Å². The van der Waals surface area contributed by atoms with E-state index in [2.05, 4.69) is 10.4 Å². The number of rotatable bonds is 4. The van der Waals surface area contributed by atoms with Gasteiger partial charge in [0, 0.05) is 19.3 Å². The highest BCUT2D eigenvalue weighted by atomic mass is 19.4. The molecule has 3 nitrogen and oxygen atoms in total. The van der Waals surface area contributed by atoms with Crippen LogP contribution in [0.4, 0.5) is 18.9 Å². The van der Waals surface area contributed by atoms with Crippen molar-refractivity contribution in [2.45, 2.75) is 38.9 Å². The summed E-state index contributed by atoms with van der Waals surface area (Å²) in [6.45, 7) is 3.43. The van der Waals surface area contributed by atoms with Gasteiger partial charge in [-0.1, -0.05) is 6.92 Å². The number of aryl methyl sites for hydroxylation is 2. The highest BCUT2D eigenvalue weighted by molar-refractivity contribution is 5.47. The number of anilines is 1. The summed E-state index contributed by atoms with van der Waals surface area (Å²) in [6, 6.07) is -0.644. The summed E-state index contributed by atoms with van der Waals surface area (Å²) in [6.07, 6.45) is -2.58. The van der Waals surface area contributed by atoms with Gasteiger partial charge in [0.05, 0.1) is 17.8 Å². The minimum absolute atomic E-state index is 0.644. The SMILES string of the molecule is CCc1nn(C)cc1NC(C)CC(F)(F)F. The molecule has 0 spiro atoms. The molecule has 1 heterocycles. The van der Waals surface area contributed by atoms with Gasteiger partial charge in [0.1, 0.15) is 0 Å². The zero-order valence-electron chi connectivity index (χ0n) is 9.60. The molecule has 92 valence electrons. The number of nitrogens with one attached hydrogen (secondary N) is 1. The lowest BCUT2D eigenvalue weighted by Gasteiger charge is -2.16. The molecule has 1 unspecified atom stereocenters. The topological polar surface area (TPSA) is 29.9 Å². The molecular formula is C10H16F3N3. The standard InChI is InChI=1S/C10H16F3N3/c1-4-8-9(6-16(3)15-8)14-7(2)5-10(11,12)13/h6-7,14H,4-5H2,1-3H3. The maximum Gasteiger partial charge on any atom is 0.391 e. The van der Waals surface area contributed by atoms with Crippen LogP contribution in [0.15, 0.2) is 6.20 Å². The molecular weight excluding hydrogens is 219 g/mol. The fourth-order valence-electron chi connectivity index (χ4n) is 1.58. The Labute approximate surface area is 92.6 Å². The highest BCUT2D eigenvalue weighted by Crippen LogP contribution is 2.24. The molecule has 0 saturated heterocycles. The van der Waals surface area contributed by atoms with E-state index in [4.69, 9.17) is 0 Å². The molecule has 1 aromatic rings. The molecule has 0 aromatic carbocycles. The smallest absolute Gasteiger partial charge is 0.379 e. The number of halogens is 3. The largest absolute Gasteiger partial charge is 0.391 e. The molecule has 0 aliphatic heterocycles. The van der Waals surface area contributed by atoms with E-state index < -0.39 is 18.6 Å². The van der Waals surface area contributed by atoms with E-state index in [-0.39, 0.29) is 0 Å². The number of aromatic nitrogens is 2. The van der Waals surface area contributed by atoms with Crippen LogP contribution < -0.4 is 5.32 Å². The first-order chi connectivity index (χ1) is 7.31. The van der Waals surface area contributed by atoms with Gasteiger partial charge in [-0.15, -0.1) is 0 Å². The fraction of sp³-hybridized carbons (Fsp3) is 0.700. The van der Waals surface area contributed by atoms with Crippen molar-refractivity contribution in [3.05, 3.63) is 11.9 Å². The average Bonchev–Trinajstić information content (AvgIpc) is 2.42. The van der Waals surface area contributed by atoms with Crippen molar-refractivity contribution in [1.29, 1.82) is 0 Å². The Kier molecular flexibility index (Phi) is 3.83. The summed E-state index contributed by atoms with van der Waals surface area (Å²) < 4.78 is 38.0. The normalized spacial score (nSPS) is 13.9. The molecule has 1 atom stereocenters. The lowest BCUT2D eigenvalue weighted by molar-refractivity contribution is -0.136. The van der Waals surface area contributed by atoms with Gasteiger partial charge in [-0.25, -0.2) is 0 Å². The van der Waals surface area contributed by atoms with Crippen molar-refractivity contribution < 1.29 is 13.2 Å². The van der Waals surface area contributed by atoms with E-state index in [0.717, 1.165) is 5.69 Å². The van der Waals surface area contributed by atoms with Crippen LogP contribution in [0, 0.1) is 0 Å². The monoisotopic (exact) mass is 235 g/mol. The van der Waals surface area contributed by atoms with E-state index >= 15 is 0 Å². The van der Waals surface area contributed by atoms with Gasteiger partial charge in [-0.2, -0.15) is 18.3 Å². The van der Waals surface area contributed by atoms with Gasteiger partial charge < -0.3 is 5.32 Å². The number of hydrogen-bond donors (Lipinski definition) is 1. The molecule has 1 aromatic heterocycles. The predicted molar refractivity (Wildman–Crippen MR) is 56.3 cm³/mol. The molecule has 0 bridgehead atoms. The molecule has 0 saturated carbocycles. The quantitative estimate of drug-likeness (QED) is 0.869. The summed E-state index contributed by atoms with van der Waals surface area (Å²) >= 11 is 0. The highest BCUT2D eigenvalue weighted by Gasteiger charge is 2.30. The molecule has 0 aliphatic rings. The number of nitrogens with zero attached hydrogens (tertiary/aromatic N) is 2. The number of alkyl halides is 3. The Hall–Kier alpha value is -1.20. The Bertz CT molecular complexity index is 344. The zero-order chi connectivity index (χ0) is 12.3. The molecule has 1 N–H and O–H groups in total. The maximum absolute atomic E-state index is 12.1. The van der Waals surface area contributed by atoms with Crippen molar-refractivity contribution in [2.75, 3.05) is 5.32 Å². The first-order valence-electron chi connectivity index (χ1n) is 5.17. The van der Waals surface area contributed by atoms with Crippen LogP contribution in [0.3, 0.4) is 0 Å². The van der Waals surface area contributed by atoms with Gasteiger partial charge >= 0.3 is 6.18 Å². The minimum atomic E-state index is -4.14. The van der Waals surface area contributed by atoms with Crippen LogP contribution in [0.2, 0.25) is 0 Å². The molecule has 0 radical (unpaired) electrons. The number of hydrogen-bond acceptors (Lipinski definition) is 2. The Balaban J connectivity index is 2.65. The summed E-state index contributed by atoms with van der Waals surface area (Å²) in [7, 11) is 1.75. The Morgan fingerprint density at radius 2 is 2.12 bits per heavy atom. The molecule has 1 rings (SSSR count). The third-order valence-corrected chi connectivity index (χ3v) is 2.18. The Morgan fingerprint density at radius 3 is 2.62 bits per heavy atom. The zero-order valence-corrected chi connectivity index (χ0v) is 9.60. The van der Waals surface area contributed by atoms with Crippen LogP contribution in [-0.4, -0.2) is 22.0 Å². The lowest BCUT2D eigenvalue weighted by Crippen LogP contribution is -2.24. The average molecular weight is 235 g/mol. The van der Waals surface area contributed by atoms with Gasteiger partial charge in [0.2, 0.25) is 0 Å². The first-order valence-corrected chi connectivity index (χ1v) is 5.17. The van der Waals surface area contributed by atoms with Crippen LogP contribution in [0.1, 0.15) is 26.0 Å². The summed E-state index contributed by atoms with van der Waals surface area (Å²) in [5.74, 6) is 0. The van der Waals surface area contributed by atoms with Crippen molar-refractivity contribution in [3.8, 4) is 0 Å². The van der Waals surface area contributed by atoms with Crippen molar-refractivity contribution >= 4 is 5.69 Å². The van der Waals surface area contributed by atoms with Crippen molar-refractivity contribution in [3.63, 3.8) is 0 Å². The van der Waals surface area contributed by atoms with Gasteiger partial charge in [-0.05, 0) is 13.3 Å². The molecule has 0 amide bonds. The first kappa shape index (κ1) is 12.9. The lowest BCUT2D eigenvalue weighted by atomic mass is 10.2. The van der Waals surface area contributed by atoms with E-state index in [9.17, 15) is 13.2 Å². The second-order valence-electron chi connectivity index (χ2n) is 3.88. The van der Waals surface area contributed by atoms with Crippen LogP contribution >= 0.6 is 0 Å².